The van der Waals surface area contributed by atoms with Crippen LogP contribution in [0, 0.1) is 28.4 Å². The summed E-state index contributed by atoms with van der Waals surface area (Å²) in [6.45, 7) is 1.89. The first-order chi connectivity index (χ1) is 15.8. The third kappa shape index (κ3) is 5.81. The van der Waals surface area contributed by atoms with E-state index in [2.05, 4.69) is 5.32 Å². The number of halogens is 1. The van der Waals surface area contributed by atoms with Crippen molar-refractivity contribution in [1.29, 1.82) is 5.26 Å². The van der Waals surface area contributed by atoms with E-state index in [1.54, 1.807) is 48.5 Å². The van der Waals surface area contributed by atoms with Crippen molar-refractivity contribution in [3.05, 3.63) is 104 Å². The topological polar surface area (TPSA) is 122 Å². The SMILES string of the molecule is Cc1ccc(C(=O)Oc2ccccc2/C=C(\C#N)C(=O)Nc2ccc(Cl)c([N+](=O)[O-])c2)cc1. The highest BCUT2D eigenvalue weighted by Crippen LogP contribution is 2.28. The number of hydrogen-bond donors (Lipinski definition) is 1. The second-order valence-electron chi connectivity index (χ2n) is 6.84. The molecule has 0 aliphatic rings. The number of ether oxygens (including phenoxy) is 1. The number of nitriles is 1. The van der Waals surface area contributed by atoms with Gasteiger partial charge in [0, 0.05) is 17.3 Å². The first-order valence-electron chi connectivity index (χ1n) is 9.53. The fourth-order valence-corrected chi connectivity index (χ4v) is 2.96. The van der Waals surface area contributed by atoms with Crippen molar-refractivity contribution in [3.63, 3.8) is 0 Å². The van der Waals surface area contributed by atoms with Gasteiger partial charge in [0.05, 0.1) is 10.5 Å². The molecule has 33 heavy (non-hydrogen) atoms. The van der Waals surface area contributed by atoms with E-state index >= 15 is 0 Å². The monoisotopic (exact) mass is 461 g/mol. The molecule has 164 valence electrons. The van der Waals surface area contributed by atoms with Crippen LogP contribution in [-0.4, -0.2) is 16.8 Å². The van der Waals surface area contributed by atoms with Crippen molar-refractivity contribution in [2.24, 2.45) is 0 Å². The Labute approximate surface area is 193 Å². The van der Waals surface area contributed by atoms with Gasteiger partial charge in [0.2, 0.25) is 0 Å². The van der Waals surface area contributed by atoms with E-state index in [0.717, 1.165) is 11.6 Å². The van der Waals surface area contributed by atoms with Gasteiger partial charge in [0.15, 0.2) is 0 Å². The number of nitrogens with one attached hydrogen (secondary N) is 1. The van der Waals surface area contributed by atoms with E-state index < -0.39 is 16.8 Å². The van der Waals surface area contributed by atoms with Crippen LogP contribution in [-0.2, 0) is 4.79 Å². The Hall–Kier alpha value is -4.48. The number of carbonyl (C=O) groups is 2. The molecule has 0 heterocycles. The molecule has 8 nitrogen and oxygen atoms in total. The summed E-state index contributed by atoms with van der Waals surface area (Å²) in [5.74, 6) is -1.23. The molecule has 0 aliphatic carbocycles. The zero-order valence-corrected chi connectivity index (χ0v) is 18.0. The molecular weight excluding hydrogens is 446 g/mol. The van der Waals surface area contributed by atoms with Crippen LogP contribution in [0.4, 0.5) is 11.4 Å². The standard InChI is InChI=1S/C24H16ClN3O5/c1-15-6-8-16(9-7-15)24(30)33-22-5-3-2-4-17(22)12-18(14-26)23(29)27-19-10-11-20(25)21(13-19)28(31)32/h2-13H,1H3,(H,27,29)/b18-12+. The summed E-state index contributed by atoms with van der Waals surface area (Å²) in [6, 6.07) is 18.8. The Morgan fingerprint density at radius 3 is 2.48 bits per heavy atom. The summed E-state index contributed by atoms with van der Waals surface area (Å²) in [6.07, 6.45) is 1.26. The minimum Gasteiger partial charge on any atom is -0.422 e. The van der Waals surface area contributed by atoms with Gasteiger partial charge in [0.1, 0.15) is 22.4 Å². The maximum Gasteiger partial charge on any atom is 0.343 e. The Morgan fingerprint density at radius 2 is 1.82 bits per heavy atom. The van der Waals surface area contributed by atoms with Gasteiger partial charge < -0.3 is 10.1 Å². The van der Waals surface area contributed by atoms with Crippen LogP contribution in [0.5, 0.6) is 5.75 Å². The number of nitro groups is 1. The van der Waals surface area contributed by atoms with Gasteiger partial charge in [-0.1, -0.05) is 47.5 Å². The first kappa shape index (κ1) is 23.2. The average molecular weight is 462 g/mol. The van der Waals surface area contributed by atoms with Gasteiger partial charge in [-0.3, -0.25) is 14.9 Å². The molecule has 0 radical (unpaired) electrons. The second kappa shape index (κ2) is 10.2. The zero-order valence-electron chi connectivity index (χ0n) is 17.2. The highest BCUT2D eigenvalue weighted by atomic mass is 35.5. The molecule has 0 aliphatic heterocycles. The van der Waals surface area contributed by atoms with Crippen molar-refractivity contribution in [2.75, 3.05) is 5.32 Å². The largest absolute Gasteiger partial charge is 0.422 e. The number of amides is 1. The van der Waals surface area contributed by atoms with Crippen LogP contribution in [0.1, 0.15) is 21.5 Å². The molecule has 3 rings (SSSR count). The lowest BCUT2D eigenvalue weighted by Crippen LogP contribution is -2.14. The molecule has 0 unspecified atom stereocenters. The van der Waals surface area contributed by atoms with E-state index in [1.165, 1.54) is 24.3 Å². The first-order valence-corrected chi connectivity index (χ1v) is 9.91. The molecule has 9 heteroatoms. The molecular formula is C24H16ClN3O5. The van der Waals surface area contributed by atoms with Crippen molar-refractivity contribution in [3.8, 4) is 11.8 Å². The molecule has 0 spiro atoms. The molecule has 1 N–H and O–H groups in total. The summed E-state index contributed by atoms with van der Waals surface area (Å²) >= 11 is 5.78. The molecule has 0 aromatic heterocycles. The van der Waals surface area contributed by atoms with Crippen LogP contribution in [0.15, 0.2) is 72.3 Å². The fourth-order valence-electron chi connectivity index (χ4n) is 2.77. The highest BCUT2D eigenvalue weighted by molar-refractivity contribution is 6.32. The van der Waals surface area contributed by atoms with Crippen LogP contribution < -0.4 is 10.1 Å². The van der Waals surface area contributed by atoms with Crippen molar-refractivity contribution < 1.29 is 19.2 Å². The van der Waals surface area contributed by atoms with Gasteiger partial charge in [0.25, 0.3) is 11.6 Å². The maximum absolute atomic E-state index is 12.6. The molecule has 0 atom stereocenters. The van der Waals surface area contributed by atoms with Gasteiger partial charge in [-0.2, -0.15) is 5.26 Å². The van der Waals surface area contributed by atoms with Gasteiger partial charge >= 0.3 is 5.97 Å². The molecule has 1 amide bonds. The summed E-state index contributed by atoms with van der Waals surface area (Å²) in [4.78, 5) is 35.4. The number of esters is 1. The summed E-state index contributed by atoms with van der Waals surface area (Å²) in [5.41, 5.74) is 1.08. The lowest BCUT2D eigenvalue weighted by molar-refractivity contribution is -0.384. The van der Waals surface area contributed by atoms with Crippen LogP contribution in [0.25, 0.3) is 6.08 Å². The summed E-state index contributed by atoms with van der Waals surface area (Å²) < 4.78 is 5.46. The van der Waals surface area contributed by atoms with E-state index in [4.69, 9.17) is 16.3 Å². The summed E-state index contributed by atoms with van der Waals surface area (Å²) in [5, 5.41) is 22.9. The molecule has 0 fully saturated rings. The van der Waals surface area contributed by atoms with Crippen molar-refractivity contribution in [2.45, 2.75) is 6.92 Å². The number of nitro benzene ring substituents is 1. The number of hydrogen-bond acceptors (Lipinski definition) is 6. The number of aryl methyl sites for hydroxylation is 1. The number of benzene rings is 3. The highest BCUT2D eigenvalue weighted by Gasteiger charge is 2.17. The van der Waals surface area contributed by atoms with E-state index in [0.29, 0.717) is 11.1 Å². The third-order valence-corrected chi connectivity index (χ3v) is 4.79. The maximum atomic E-state index is 12.6. The second-order valence-corrected chi connectivity index (χ2v) is 7.25. The fraction of sp³-hybridized carbons (Fsp3) is 0.0417. The van der Waals surface area contributed by atoms with Crippen molar-refractivity contribution in [1.82, 2.24) is 0 Å². The molecule has 0 saturated heterocycles. The Morgan fingerprint density at radius 1 is 1.12 bits per heavy atom. The molecule has 3 aromatic rings. The summed E-state index contributed by atoms with van der Waals surface area (Å²) in [7, 11) is 0. The van der Waals surface area contributed by atoms with Crippen LogP contribution in [0.3, 0.4) is 0 Å². The Balaban J connectivity index is 1.84. The number of para-hydroxylation sites is 1. The van der Waals surface area contributed by atoms with Gasteiger partial charge in [-0.15, -0.1) is 0 Å². The Bertz CT molecular complexity index is 1310. The Kier molecular flexibility index (Phi) is 7.18. The van der Waals surface area contributed by atoms with E-state index in [-0.39, 0.29) is 27.7 Å². The lowest BCUT2D eigenvalue weighted by Gasteiger charge is -2.09. The minimum absolute atomic E-state index is 0.0848. The van der Waals surface area contributed by atoms with E-state index in [1.807, 2.05) is 6.92 Å². The van der Waals surface area contributed by atoms with Crippen LogP contribution in [0.2, 0.25) is 5.02 Å². The van der Waals surface area contributed by atoms with Crippen molar-refractivity contribution >= 4 is 40.9 Å². The smallest absolute Gasteiger partial charge is 0.343 e. The quantitative estimate of drug-likeness (QED) is 0.132. The average Bonchev–Trinajstić information content (AvgIpc) is 2.79. The van der Waals surface area contributed by atoms with Crippen LogP contribution >= 0.6 is 11.6 Å². The zero-order chi connectivity index (χ0) is 24.0. The third-order valence-electron chi connectivity index (χ3n) is 4.47. The molecule has 3 aromatic carbocycles. The molecule has 0 bridgehead atoms. The van der Waals surface area contributed by atoms with E-state index in [9.17, 15) is 25.0 Å². The van der Waals surface area contributed by atoms with Gasteiger partial charge in [-0.25, -0.2) is 4.79 Å². The minimum atomic E-state index is -0.797. The lowest BCUT2D eigenvalue weighted by atomic mass is 10.1. The van der Waals surface area contributed by atoms with Gasteiger partial charge in [-0.05, 0) is 43.3 Å². The normalized spacial score (nSPS) is 10.8. The predicted octanol–water partition coefficient (Wildman–Crippen LogP) is 5.32. The number of nitrogens with zero attached hydrogens (tertiary/aromatic N) is 2. The predicted molar refractivity (Wildman–Crippen MR) is 123 cm³/mol. The number of anilines is 1. The molecule has 0 saturated carbocycles. The number of rotatable bonds is 6. The number of carbonyl (C=O) groups excluding carboxylic acids is 2.